The maximum absolute atomic E-state index is 5.01. The molecule has 0 spiro atoms. The van der Waals surface area contributed by atoms with Crippen molar-refractivity contribution in [1.82, 2.24) is 9.38 Å². The largest absolute Gasteiger partial charge is 0.292 e. The predicted octanol–water partition coefficient (Wildman–Crippen LogP) is 6.23. The number of nitrogens with zero attached hydrogens (tertiary/aromatic N) is 2. The Bertz CT molecular complexity index is 1290. The molecule has 2 nitrogen and oxygen atoms in total. The summed E-state index contributed by atoms with van der Waals surface area (Å²) in [6.07, 6.45) is 0. The second-order valence-corrected chi connectivity index (χ2v) is 7.18. The lowest BCUT2D eigenvalue weighted by Gasteiger charge is -2.11. The third-order valence-electron chi connectivity index (χ3n) is 5.35. The van der Waals surface area contributed by atoms with Crippen molar-refractivity contribution in [3.63, 3.8) is 0 Å². The molecule has 0 amide bonds. The molecule has 3 aromatic carbocycles. The number of rotatable bonds is 1. The molecular weight excluding hydrogens is 316 g/mol. The Morgan fingerprint density at radius 3 is 2.31 bits per heavy atom. The number of aromatic nitrogens is 2. The average Bonchev–Trinajstić information content (AvgIpc) is 3.01. The van der Waals surface area contributed by atoms with Crippen molar-refractivity contribution in [2.75, 3.05) is 0 Å². The molecule has 0 aliphatic heterocycles. The average molecular weight is 336 g/mol. The van der Waals surface area contributed by atoms with Gasteiger partial charge in [0.2, 0.25) is 0 Å². The van der Waals surface area contributed by atoms with Crippen LogP contribution in [0.25, 0.3) is 38.7 Å². The molecule has 0 radical (unpaired) electrons. The Morgan fingerprint density at radius 2 is 1.50 bits per heavy atom. The lowest BCUT2D eigenvalue weighted by molar-refractivity contribution is 1.24. The first-order chi connectivity index (χ1) is 12.6. The summed E-state index contributed by atoms with van der Waals surface area (Å²) in [5.74, 6) is 0. The molecule has 0 aliphatic rings. The second-order valence-electron chi connectivity index (χ2n) is 7.18. The van der Waals surface area contributed by atoms with Crippen LogP contribution in [0.5, 0.6) is 0 Å². The third kappa shape index (κ3) is 2.15. The van der Waals surface area contributed by atoms with Crippen LogP contribution in [0.2, 0.25) is 0 Å². The maximum Gasteiger partial charge on any atom is 0.146 e. The highest BCUT2D eigenvalue weighted by Crippen LogP contribution is 2.32. The molecule has 0 fully saturated rings. The fourth-order valence-corrected chi connectivity index (χ4v) is 3.73. The van der Waals surface area contributed by atoms with Crippen LogP contribution >= 0.6 is 0 Å². The standard InChI is InChI=1S/C24H20N2/c1-15-8-10-18(11-9-15)22-14-19-6-4-5-7-20(19)24-25-21-12-16(2)17(3)13-23(21)26(22)24/h4-14H,1-3H3. The van der Waals surface area contributed by atoms with Crippen LogP contribution in [0.1, 0.15) is 16.7 Å². The van der Waals surface area contributed by atoms with E-state index in [4.69, 9.17) is 4.98 Å². The number of benzene rings is 3. The number of imidazole rings is 1. The minimum absolute atomic E-state index is 1.03. The van der Waals surface area contributed by atoms with E-state index >= 15 is 0 Å². The van der Waals surface area contributed by atoms with E-state index in [1.807, 2.05) is 0 Å². The maximum atomic E-state index is 5.01. The Balaban J connectivity index is 2.01. The Labute approximate surface area is 152 Å². The Kier molecular flexibility index (Phi) is 3.17. The fraction of sp³-hybridized carbons (Fsp3) is 0.125. The molecule has 26 heavy (non-hydrogen) atoms. The molecule has 0 saturated heterocycles. The molecule has 5 rings (SSSR count). The molecule has 5 aromatic rings. The van der Waals surface area contributed by atoms with Gasteiger partial charge in [0, 0.05) is 5.39 Å². The van der Waals surface area contributed by atoms with E-state index in [-0.39, 0.29) is 0 Å². The minimum Gasteiger partial charge on any atom is -0.292 e. The van der Waals surface area contributed by atoms with Gasteiger partial charge < -0.3 is 0 Å². The normalized spacial score (nSPS) is 11.7. The number of fused-ring (bicyclic) bond motifs is 5. The zero-order valence-corrected chi connectivity index (χ0v) is 15.2. The molecule has 2 aromatic heterocycles. The molecule has 0 atom stereocenters. The lowest BCUT2D eigenvalue weighted by atomic mass is 10.0. The van der Waals surface area contributed by atoms with Crippen molar-refractivity contribution in [2.24, 2.45) is 0 Å². The van der Waals surface area contributed by atoms with Crippen molar-refractivity contribution in [3.8, 4) is 11.3 Å². The van der Waals surface area contributed by atoms with Crippen molar-refractivity contribution in [3.05, 3.63) is 83.4 Å². The number of hydrogen-bond donors (Lipinski definition) is 0. The second kappa shape index (κ2) is 5.43. The highest BCUT2D eigenvalue weighted by atomic mass is 15.0. The summed E-state index contributed by atoms with van der Waals surface area (Å²) >= 11 is 0. The van der Waals surface area contributed by atoms with Crippen LogP contribution in [0.4, 0.5) is 0 Å². The van der Waals surface area contributed by atoms with Crippen LogP contribution in [0.3, 0.4) is 0 Å². The predicted molar refractivity (Wildman–Crippen MR) is 110 cm³/mol. The quantitative estimate of drug-likeness (QED) is 0.354. The summed E-state index contributed by atoms with van der Waals surface area (Å²) in [6, 6.07) is 24.0. The van der Waals surface area contributed by atoms with Crippen molar-refractivity contribution in [2.45, 2.75) is 20.8 Å². The highest BCUT2D eigenvalue weighted by Gasteiger charge is 2.14. The number of hydrogen-bond acceptors (Lipinski definition) is 1. The first-order valence-electron chi connectivity index (χ1n) is 9.00. The van der Waals surface area contributed by atoms with E-state index in [2.05, 4.69) is 91.9 Å². The Hall–Kier alpha value is -3.13. The number of aryl methyl sites for hydroxylation is 3. The van der Waals surface area contributed by atoms with Crippen LogP contribution < -0.4 is 0 Å². The zero-order valence-electron chi connectivity index (χ0n) is 15.2. The van der Waals surface area contributed by atoms with E-state index in [0.717, 1.165) is 11.2 Å². The topological polar surface area (TPSA) is 17.3 Å². The SMILES string of the molecule is Cc1ccc(-c2cc3ccccc3c3nc4cc(C)c(C)cc4n23)cc1. The Morgan fingerprint density at radius 1 is 0.769 bits per heavy atom. The highest BCUT2D eigenvalue weighted by molar-refractivity contribution is 6.01. The van der Waals surface area contributed by atoms with E-state index in [1.165, 1.54) is 44.2 Å². The molecular formula is C24H20N2. The molecule has 0 N–H and O–H groups in total. The van der Waals surface area contributed by atoms with E-state index in [1.54, 1.807) is 0 Å². The lowest BCUT2D eigenvalue weighted by Crippen LogP contribution is -1.94. The van der Waals surface area contributed by atoms with Gasteiger partial charge in [-0.25, -0.2) is 4.98 Å². The van der Waals surface area contributed by atoms with Gasteiger partial charge in [-0.2, -0.15) is 0 Å². The molecule has 0 unspecified atom stereocenters. The third-order valence-corrected chi connectivity index (χ3v) is 5.35. The van der Waals surface area contributed by atoms with Gasteiger partial charge in [0.25, 0.3) is 0 Å². The van der Waals surface area contributed by atoms with Crippen molar-refractivity contribution >= 4 is 27.5 Å². The van der Waals surface area contributed by atoms with Gasteiger partial charge in [-0.15, -0.1) is 0 Å². The summed E-state index contributed by atoms with van der Waals surface area (Å²) in [5.41, 5.74) is 9.49. The van der Waals surface area contributed by atoms with Crippen LogP contribution in [0, 0.1) is 20.8 Å². The summed E-state index contributed by atoms with van der Waals surface area (Å²) in [4.78, 5) is 5.01. The van der Waals surface area contributed by atoms with Gasteiger partial charge in [-0.05, 0) is 61.0 Å². The van der Waals surface area contributed by atoms with Gasteiger partial charge in [0.05, 0.1) is 16.7 Å². The molecule has 2 heterocycles. The van der Waals surface area contributed by atoms with Crippen LogP contribution in [-0.2, 0) is 0 Å². The van der Waals surface area contributed by atoms with Gasteiger partial charge in [-0.1, -0.05) is 54.1 Å². The summed E-state index contributed by atoms with van der Waals surface area (Å²) in [5, 5.41) is 2.41. The van der Waals surface area contributed by atoms with Gasteiger partial charge >= 0.3 is 0 Å². The van der Waals surface area contributed by atoms with Gasteiger partial charge in [0.15, 0.2) is 0 Å². The van der Waals surface area contributed by atoms with Gasteiger partial charge in [0.1, 0.15) is 5.65 Å². The van der Waals surface area contributed by atoms with E-state index < -0.39 is 0 Å². The monoisotopic (exact) mass is 336 g/mol. The molecule has 0 saturated carbocycles. The summed E-state index contributed by atoms with van der Waals surface area (Å²) in [7, 11) is 0. The molecule has 126 valence electrons. The molecule has 2 heteroatoms. The number of pyridine rings is 1. The van der Waals surface area contributed by atoms with Crippen LogP contribution in [0.15, 0.2) is 66.7 Å². The summed E-state index contributed by atoms with van der Waals surface area (Å²) < 4.78 is 2.31. The molecule has 0 bridgehead atoms. The smallest absolute Gasteiger partial charge is 0.146 e. The minimum atomic E-state index is 1.03. The van der Waals surface area contributed by atoms with E-state index in [0.29, 0.717) is 0 Å². The van der Waals surface area contributed by atoms with Gasteiger partial charge in [-0.3, -0.25) is 4.40 Å². The molecule has 0 aliphatic carbocycles. The first kappa shape index (κ1) is 15.2. The first-order valence-corrected chi connectivity index (χ1v) is 9.00. The fourth-order valence-electron chi connectivity index (χ4n) is 3.73. The van der Waals surface area contributed by atoms with Crippen molar-refractivity contribution in [1.29, 1.82) is 0 Å². The van der Waals surface area contributed by atoms with Crippen molar-refractivity contribution < 1.29 is 0 Å². The summed E-state index contributed by atoms with van der Waals surface area (Å²) in [6.45, 7) is 6.44. The van der Waals surface area contributed by atoms with E-state index in [9.17, 15) is 0 Å². The van der Waals surface area contributed by atoms with Crippen LogP contribution in [-0.4, -0.2) is 9.38 Å². The zero-order chi connectivity index (χ0) is 17.8.